The lowest BCUT2D eigenvalue weighted by Gasteiger charge is -2.21. The van der Waals surface area contributed by atoms with Gasteiger partial charge in [-0.3, -0.25) is 4.79 Å². The van der Waals surface area contributed by atoms with Crippen LogP contribution >= 0.6 is 0 Å². The van der Waals surface area contributed by atoms with E-state index in [1.54, 1.807) is 0 Å². The summed E-state index contributed by atoms with van der Waals surface area (Å²) >= 11 is 0. The third-order valence-electron chi connectivity index (χ3n) is 5.16. The molecule has 114 valence electrons. The van der Waals surface area contributed by atoms with Crippen LogP contribution in [0.2, 0.25) is 0 Å². The van der Waals surface area contributed by atoms with Gasteiger partial charge in [0.05, 0.1) is 0 Å². The zero-order valence-electron chi connectivity index (χ0n) is 12.6. The highest BCUT2D eigenvalue weighted by Crippen LogP contribution is 2.49. The number of rotatable bonds is 5. The van der Waals surface area contributed by atoms with E-state index in [-0.39, 0.29) is 17.9 Å². The molecule has 3 heteroatoms. The first-order chi connectivity index (χ1) is 10.3. The molecule has 0 bridgehead atoms. The number of hydrogen-bond acceptors (Lipinski definition) is 2. The fourth-order valence-electron chi connectivity index (χ4n) is 3.76. The van der Waals surface area contributed by atoms with Crippen LogP contribution in [0, 0.1) is 17.8 Å². The minimum Gasteiger partial charge on any atom is -0.354 e. The van der Waals surface area contributed by atoms with Crippen molar-refractivity contribution in [2.24, 2.45) is 23.5 Å². The molecule has 2 saturated carbocycles. The zero-order valence-corrected chi connectivity index (χ0v) is 12.6. The van der Waals surface area contributed by atoms with Gasteiger partial charge >= 0.3 is 0 Å². The smallest absolute Gasteiger partial charge is 0.223 e. The van der Waals surface area contributed by atoms with Crippen LogP contribution in [0.3, 0.4) is 0 Å². The van der Waals surface area contributed by atoms with Gasteiger partial charge in [0.2, 0.25) is 5.91 Å². The van der Waals surface area contributed by atoms with Gasteiger partial charge in [-0.25, -0.2) is 0 Å². The number of hydrogen-bond donors (Lipinski definition) is 2. The minimum atomic E-state index is -0.109. The highest BCUT2D eigenvalue weighted by Gasteiger charge is 2.47. The van der Waals surface area contributed by atoms with Gasteiger partial charge < -0.3 is 11.1 Å². The number of carbonyl (C=O) groups excluding carboxylic acids is 1. The Hall–Kier alpha value is -1.35. The molecule has 0 heterocycles. The second kappa shape index (κ2) is 6.61. The largest absolute Gasteiger partial charge is 0.354 e. The molecule has 3 nitrogen and oxygen atoms in total. The molecule has 1 amide bonds. The van der Waals surface area contributed by atoms with Crippen LogP contribution in [-0.4, -0.2) is 12.5 Å². The predicted molar refractivity (Wildman–Crippen MR) is 84.6 cm³/mol. The van der Waals surface area contributed by atoms with Crippen LogP contribution in [0.1, 0.15) is 50.1 Å². The third-order valence-corrected chi connectivity index (χ3v) is 5.16. The van der Waals surface area contributed by atoms with E-state index in [4.69, 9.17) is 5.73 Å². The van der Waals surface area contributed by atoms with Crippen LogP contribution in [0.4, 0.5) is 0 Å². The molecular formula is C18H26N2O. The van der Waals surface area contributed by atoms with Gasteiger partial charge in [-0.1, -0.05) is 62.4 Å². The van der Waals surface area contributed by atoms with Crippen molar-refractivity contribution in [3.63, 3.8) is 0 Å². The van der Waals surface area contributed by atoms with Gasteiger partial charge in [0.25, 0.3) is 0 Å². The molecule has 1 aromatic carbocycles. The summed E-state index contributed by atoms with van der Waals surface area (Å²) in [7, 11) is 0. The first-order valence-electron chi connectivity index (χ1n) is 8.34. The lowest BCUT2D eigenvalue weighted by molar-refractivity contribution is -0.122. The summed E-state index contributed by atoms with van der Waals surface area (Å²) in [6.45, 7) is 0.538. The van der Waals surface area contributed by atoms with Crippen molar-refractivity contribution in [2.75, 3.05) is 6.54 Å². The third kappa shape index (κ3) is 3.65. The van der Waals surface area contributed by atoms with Crippen LogP contribution in [0.5, 0.6) is 0 Å². The van der Waals surface area contributed by atoms with E-state index in [9.17, 15) is 4.79 Å². The second-order valence-corrected chi connectivity index (χ2v) is 6.67. The monoisotopic (exact) mass is 286 g/mol. The molecule has 21 heavy (non-hydrogen) atoms. The molecule has 3 atom stereocenters. The quantitative estimate of drug-likeness (QED) is 0.874. The lowest BCUT2D eigenvalue weighted by atomic mass is 9.85. The molecule has 0 radical (unpaired) electrons. The van der Waals surface area contributed by atoms with E-state index < -0.39 is 0 Å². The molecule has 3 rings (SSSR count). The van der Waals surface area contributed by atoms with Crippen molar-refractivity contribution < 1.29 is 4.79 Å². The summed E-state index contributed by atoms with van der Waals surface area (Å²) in [5.74, 6) is 1.93. The van der Waals surface area contributed by atoms with Crippen molar-refractivity contribution in [2.45, 2.75) is 44.6 Å². The highest BCUT2D eigenvalue weighted by atomic mass is 16.2. The van der Waals surface area contributed by atoms with Crippen LogP contribution in [-0.2, 0) is 4.79 Å². The zero-order chi connectivity index (χ0) is 14.7. The molecule has 0 saturated heterocycles. The van der Waals surface area contributed by atoms with E-state index >= 15 is 0 Å². The molecule has 2 aliphatic carbocycles. The molecule has 0 spiro atoms. The molecule has 1 aromatic rings. The predicted octanol–water partition coefficient (Wildman–Crippen LogP) is 3.02. The van der Waals surface area contributed by atoms with Gasteiger partial charge in [-0.2, -0.15) is 0 Å². The van der Waals surface area contributed by atoms with Gasteiger partial charge in [0, 0.05) is 18.5 Å². The summed E-state index contributed by atoms with van der Waals surface area (Å²) in [5, 5.41) is 3.05. The van der Waals surface area contributed by atoms with Gasteiger partial charge in [-0.05, 0) is 23.8 Å². The molecule has 3 N–H and O–H groups in total. The SMILES string of the molecule is NC(CNC(=O)C1CC1C1CCCCC1)c1ccccc1. The van der Waals surface area contributed by atoms with Crippen LogP contribution < -0.4 is 11.1 Å². The molecule has 3 unspecified atom stereocenters. The fourth-order valence-corrected chi connectivity index (χ4v) is 3.76. The van der Waals surface area contributed by atoms with Crippen molar-refractivity contribution in [1.29, 1.82) is 0 Å². The summed E-state index contributed by atoms with van der Waals surface area (Å²) in [5.41, 5.74) is 7.21. The maximum Gasteiger partial charge on any atom is 0.223 e. The Bertz CT molecular complexity index is 467. The Morgan fingerprint density at radius 3 is 2.62 bits per heavy atom. The van der Waals surface area contributed by atoms with E-state index in [0.717, 1.165) is 17.9 Å². The van der Waals surface area contributed by atoms with Crippen LogP contribution in [0.25, 0.3) is 0 Å². The normalized spacial score (nSPS) is 27.1. The molecule has 0 aromatic heterocycles. The number of nitrogens with two attached hydrogens (primary N) is 1. The maximum atomic E-state index is 12.2. The first-order valence-corrected chi connectivity index (χ1v) is 8.34. The van der Waals surface area contributed by atoms with Crippen LogP contribution in [0.15, 0.2) is 30.3 Å². The summed E-state index contributed by atoms with van der Waals surface area (Å²) in [4.78, 5) is 12.2. The Morgan fingerprint density at radius 2 is 1.90 bits per heavy atom. The minimum absolute atomic E-state index is 0.109. The van der Waals surface area contributed by atoms with E-state index in [1.807, 2.05) is 30.3 Å². The summed E-state index contributed by atoms with van der Waals surface area (Å²) < 4.78 is 0. The molecule has 2 fully saturated rings. The Morgan fingerprint density at radius 1 is 1.19 bits per heavy atom. The number of benzene rings is 1. The highest BCUT2D eigenvalue weighted by molar-refractivity contribution is 5.81. The maximum absolute atomic E-state index is 12.2. The average Bonchev–Trinajstić information content (AvgIpc) is 3.35. The van der Waals surface area contributed by atoms with Crippen molar-refractivity contribution in [1.82, 2.24) is 5.32 Å². The standard InChI is InChI=1S/C18H26N2O/c19-17(14-9-5-2-6-10-14)12-20-18(21)16-11-15(16)13-7-3-1-4-8-13/h2,5-6,9-10,13,15-17H,1,3-4,7-8,11-12,19H2,(H,20,21). The van der Waals surface area contributed by atoms with Crippen molar-refractivity contribution in [3.8, 4) is 0 Å². The van der Waals surface area contributed by atoms with Gasteiger partial charge in [-0.15, -0.1) is 0 Å². The van der Waals surface area contributed by atoms with E-state index in [0.29, 0.717) is 12.5 Å². The number of carbonyl (C=O) groups is 1. The molecular weight excluding hydrogens is 260 g/mol. The topological polar surface area (TPSA) is 55.1 Å². The molecule has 2 aliphatic rings. The Balaban J connectivity index is 1.43. The number of nitrogens with one attached hydrogen (secondary N) is 1. The van der Waals surface area contributed by atoms with Crippen molar-refractivity contribution >= 4 is 5.91 Å². The van der Waals surface area contributed by atoms with Gasteiger partial charge in [0.15, 0.2) is 0 Å². The second-order valence-electron chi connectivity index (χ2n) is 6.67. The summed E-state index contributed by atoms with van der Waals surface area (Å²) in [6, 6.07) is 9.86. The van der Waals surface area contributed by atoms with Gasteiger partial charge in [0.1, 0.15) is 0 Å². The average molecular weight is 286 g/mol. The summed E-state index contributed by atoms with van der Waals surface area (Å²) in [6.07, 6.45) is 7.85. The van der Waals surface area contributed by atoms with E-state index in [2.05, 4.69) is 5.32 Å². The lowest BCUT2D eigenvalue weighted by Crippen LogP contribution is -2.33. The first kappa shape index (κ1) is 14.6. The van der Waals surface area contributed by atoms with Crippen molar-refractivity contribution in [3.05, 3.63) is 35.9 Å². The van der Waals surface area contributed by atoms with E-state index in [1.165, 1.54) is 32.1 Å². The number of amides is 1. The Labute approximate surface area is 127 Å². The fraction of sp³-hybridized carbons (Fsp3) is 0.611. The molecule has 0 aliphatic heterocycles. The Kier molecular flexibility index (Phi) is 4.59.